The second kappa shape index (κ2) is 9.59. The Kier molecular flexibility index (Phi) is 6.45. The number of morpholine rings is 1. The van der Waals surface area contributed by atoms with Crippen LogP contribution in [0.5, 0.6) is 5.75 Å². The second-order valence-corrected chi connectivity index (χ2v) is 7.39. The number of fused-ring (bicyclic) bond motifs is 1. The van der Waals surface area contributed by atoms with Gasteiger partial charge in [-0.05, 0) is 29.1 Å². The minimum Gasteiger partial charge on any atom is -0.506 e. The molecule has 7 heteroatoms. The maximum atomic E-state index is 12.3. The topological polar surface area (TPSA) is 88.1 Å². The van der Waals surface area contributed by atoms with Crippen LogP contribution in [0, 0.1) is 0 Å². The van der Waals surface area contributed by atoms with Gasteiger partial charge in [0.2, 0.25) is 0 Å². The molecule has 0 saturated carbocycles. The summed E-state index contributed by atoms with van der Waals surface area (Å²) in [6, 6.07) is 18.0. The van der Waals surface area contributed by atoms with Gasteiger partial charge < -0.3 is 19.9 Å². The molecule has 0 unspecified atom stereocenters. The van der Waals surface area contributed by atoms with E-state index in [0.29, 0.717) is 11.1 Å². The Morgan fingerprint density at radius 3 is 2.52 bits per heavy atom. The fraction of sp³-hybridized carbons (Fsp3) is 0.250. The molecule has 1 aliphatic heterocycles. The van der Waals surface area contributed by atoms with Gasteiger partial charge >= 0.3 is 5.97 Å². The average Bonchev–Trinajstić information content (AvgIpc) is 2.80. The van der Waals surface area contributed by atoms with E-state index in [4.69, 9.17) is 9.47 Å². The number of phenolic OH excluding ortho intramolecular Hbond substituents is 1. The fourth-order valence-corrected chi connectivity index (χ4v) is 3.54. The van der Waals surface area contributed by atoms with E-state index in [2.05, 4.69) is 10.2 Å². The molecule has 0 atom stereocenters. The molecule has 0 radical (unpaired) electrons. The van der Waals surface area contributed by atoms with Crippen molar-refractivity contribution in [3.8, 4) is 5.75 Å². The van der Waals surface area contributed by atoms with Crippen molar-refractivity contribution >= 4 is 28.3 Å². The highest BCUT2D eigenvalue weighted by molar-refractivity contribution is 6.02. The minimum absolute atomic E-state index is 0.0268. The minimum atomic E-state index is -0.751. The lowest BCUT2D eigenvalue weighted by Gasteiger charge is -2.26. The Balaban J connectivity index is 1.30. The lowest BCUT2D eigenvalue weighted by atomic mass is 10.1. The largest absolute Gasteiger partial charge is 0.506 e. The molecule has 1 heterocycles. The molecule has 160 valence electrons. The predicted molar refractivity (Wildman–Crippen MR) is 117 cm³/mol. The molecule has 0 bridgehead atoms. The summed E-state index contributed by atoms with van der Waals surface area (Å²) in [4.78, 5) is 26.8. The van der Waals surface area contributed by atoms with E-state index in [1.165, 1.54) is 6.07 Å². The van der Waals surface area contributed by atoms with E-state index in [0.717, 1.165) is 43.8 Å². The molecule has 4 rings (SSSR count). The van der Waals surface area contributed by atoms with Crippen molar-refractivity contribution in [1.82, 2.24) is 4.90 Å². The molecule has 3 aromatic rings. The van der Waals surface area contributed by atoms with Gasteiger partial charge in [-0.25, -0.2) is 4.79 Å². The van der Waals surface area contributed by atoms with Gasteiger partial charge in [-0.2, -0.15) is 0 Å². The van der Waals surface area contributed by atoms with E-state index in [1.54, 1.807) is 18.2 Å². The van der Waals surface area contributed by atoms with E-state index < -0.39 is 18.5 Å². The highest BCUT2D eigenvalue weighted by Crippen LogP contribution is 2.29. The van der Waals surface area contributed by atoms with Crippen LogP contribution in [0.4, 0.5) is 5.69 Å². The van der Waals surface area contributed by atoms with Crippen molar-refractivity contribution in [2.24, 2.45) is 0 Å². The number of esters is 1. The fourth-order valence-electron chi connectivity index (χ4n) is 3.54. The number of nitrogens with one attached hydrogen (secondary N) is 1. The van der Waals surface area contributed by atoms with Crippen molar-refractivity contribution < 1.29 is 24.2 Å². The van der Waals surface area contributed by atoms with E-state index in [9.17, 15) is 14.7 Å². The third-order valence-electron chi connectivity index (χ3n) is 5.20. The number of hydrogen-bond donors (Lipinski definition) is 2. The zero-order chi connectivity index (χ0) is 21.6. The number of ether oxygens (including phenoxy) is 2. The van der Waals surface area contributed by atoms with Crippen molar-refractivity contribution in [2.45, 2.75) is 6.54 Å². The van der Waals surface area contributed by atoms with Crippen LogP contribution in [0.1, 0.15) is 15.9 Å². The molecule has 7 nitrogen and oxygen atoms in total. The van der Waals surface area contributed by atoms with Crippen LogP contribution in [0.25, 0.3) is 10.8 Å². The molecule has 1 saturated heterocycles. The van der Waals surface area contributed by atoms with Crippen LogP contribution in [0.15, 0.2) is 60.7 Å². The molecule has 0 spiro atoms. The van der Waals surface area contributed by atoms with Crippen LogP contribution in [-0.4, -0.2) is 54.8 Å². The second-order valence-electron chi connectivity index (χ2n) is 7.39. The van der Waals surface area contributed by atoms with Gasteiger partial charge in [0.25, 0.3) is 5.91 Å². The van der Waals surface area contributed by atoms with Gasteiger partial charge in [0.1, 0.15) is 11.3 Å². The standard InChI is InChI=1S/C24H24N2O5/c27-22(25-19-8-5-17(6-9-19)15-26-11-13-30-14-12-26)16-31-24(29)21-10-7-18-3-1-2-4-20(18)23(21)28/h1-10,28H,11-16H2,(H,25,27). The lowest BCUT2D eigenvalue weighted by Crippen LogP contribution is -2.35. The van der Waals surface area contributed by atoms with Crippen LogP contribution in [0.3, 0.4) is 0 Å². The first-order chi connectivity index (χ1) is 15.1. The maximum absolute atomic E-state index is 12.3. The SMILES string of the molecule is O=C(COC(=O)c1ccc2ccccc2c1O)Nc1ccc(CN2CCOCC2)cc1. The molecule has 1 aliphatic rings. The summed E-state index contributed by atoms with van der Waals surface area (Å²) in [5.41, 5.74) is 1.80. The zero-order valence-electron chi connectivity index (χ0n) is 17.0. The van der Waals surface area contributed by atoms with E-state index in [1.807, 2.05) is 36.4 Å². The number of carbonyl (C=O) groups is 2. The summed E-state index contributed by atoms with van der Waals surface area (Å²) in [5, 5.41) is 14.4. The summed E-state index contributed by atoms with van der Waals surface area (Å²) in [6.45, 7) is 3.73. The van der Waals surface area contributed by atoms with Gasteiger partial charge in [-0.3, -0.25) is 9.69 Å². The third-order valence-corrected chi connectivity index (χ3v) is 5.20. The first-order valence-corrected chi connectivity index (χ1v) is 10.2. The van der Waals surface area contributed by atoms with Crippen molar-refractivity contribution in [2.75, 3.05) is 38.2 Å². The zero-order valence-corrected chi connectivity index (χ0v) is 17.0. The Hall–Kier alpha value is -3.42. The molecule has 3 aromatic carbocycles. The number of benzene rings is 3. The molecule has 0 aromatic heterocycles. The predicted octanol–water partition coefficient (Wildman–Crippen LogP) is 3.17. The number of nitrogens with zero attached hydrogens (tertiary/aromatic N) is 1. The maximum Gasteiger partial charge on any atom is 0.342 e. The molecular formula is C24H24N2O5. The highest BCUT2D eigenvalue weighted by Gasteiger charge is 2.17. The smallest absolute Gasteiger partial charge is 0.342 e. The monoisotopic (exact) mass is 420 g/mol. The van der Waals surface area contributed by atoms with Gasteiger partial charge in [0, 0.05) is 30.7 Å². The Morgan fingerprint density at radius 1 is 1.00 bits per heavy atom. The first kappa shape index (κ1) is 20.8. The van der Waals surface area contributed by atoms with Gasteiger partial charge in [-0.15, -0.1) is 0 Å². The summed E-state index contributed by atoms with van der Waals surface area (Å²) in [5.74, 6) is -1.35. The highest BCUT2D eigenvalue weighted by atomic mass is 16.5. The molecule has 1 amide bonds. The number of amides is 1. The van der Waals surface area contributed by atoms with E-state index >= 15 is 0 Å². The van der Waals surface area contributed by atoms with Crippen molar-refractivity contribution in [1.29, 1.82) is 0 Å². The first-order valence-electron chi connectivity index (χ1n) is 10.2. The summed E-state index contributed by atoms with van der Waals surface area (Å²) < 4.78 is 10.4. The Bertz CT molecular complexity index is 1080. The van der Waals surface area contributed by atoms with Crippen LogP contribution in [0.2, 0.25) is 0 Å². The molecule has 1 fully saturated rings. The average molecular weight is 420 g/mol. The van der Waals surface area contributed by atoms with Crippen LogP contribution < -0.4 is 5.32 Å². The summed E-state index contributed by atoms with van der Waals surface area (Å²) >= 11 is 0. The van der Waals surface area contributed by atoms with Gasteiger partial charge in [0.15, 0.2) is 6.61 Å². The molecule has 0 aliphatic carbocycles. The number of anilines is 1. The third kappa shape index (κ3) is 5.20. The van der Waals surface area contributed by atoms with E-state index in [-0.39, 0.29) is 11.3 Å². The van der Waals surface area contributed by atoms with Crippen LogP contribution in [-0.2, 0) is 20.8 Å². The lowest BCUT2D eigenvalue weighted by molar-refractivity contribution is -0.119. The number of phenols is 1. The Labute approximate surface area is 180 Å². The number of carbonyl (C=O) groups excluding carboxylic acids is 2. The summed E-state index contributed by atoms with van der Waals surface area (Å²) in [6.07, 6.45) is 0. The van der Waals surface area contributed by atoms with Crippen molar-refractivity contribution in [3.05, 3.63) is 71.8 Å². The number of rotatable bonds is 6. The van der Waals surface area contributed by atoms with Crippen molar-refractivity contribution in [3.63, 3.8) is 0 Å². The molecular weight excluding hydrogens is 396 g/mol. The number of aromatic hydroxyl groups is 1. The Morgan fingerprint density at radius 2 is 1.74 bits per heavy atom. The molecule has 31 heavy (non-hydrogen) atoms. The summed E-state index contributed by atoms with van der Waals surface area (Å²) in [7, 11) is 0. The van der Waals surface area contributed by atoms with Crippen LogP contribution >= 0.6 is 0 Å². The quantitative estimate of drug-likeness (QED) is 0.596. The molecule has 2 N–H and O–H groups in total. The van der Waals surface area contributed by atoms with Gasteiger partial charge in [-0.1, -0.05) is 42.5 Å². The normalized spacial score (nSPS) is 14.3. The van der Waals surface area contributed by atoms with Gasteiger partial charge in [0.05, 0.1) is 13.2 Å². The number of hydrogen-bond acceptors (Lipinski definition) is 6.